The summed E-state index contributed by atoms with van der Waals surface area (Å²) in [6.07, 6.45) is 0.708. The molecule has 2 amide bonds. The van der Waals surface area contributed by atoms with E-state index in [9.17, 15) is 19.2 Å². The number of amides is 2. The Morgan fingerprint density at radius 3 is 2.38 bits per heavy atom. The summed E-state index contributed by atoms with van der Waals surface area (Å²) in [5.41, 5.74) is 0.434. The summed E-state index contributed by atoms with van der Waals surface area (Å²) in [5, 5.41) is 4.94. The molecular weight excluding hydrogens is 312 g/mol. The van der Waals surface area contributed by atoms with Crippen molar-refractivity contribution in [1.82, 2.24) is 10.6 Å². The lowest BCUT2D eigenvalue weighted by atomic mass is 10.1. The Morgan fingerprint density at radius 2 is 1.79 bits per heavy atom. The van der Waals surface area contributed by atoms with Crippen LogP contribution in [0.4, 0.5) is 0 Å². The SMILES string of the molecule is CCC(=O)CC[C@H](NC(=O)CNC(=O)c1ccccc1)C(=O)OC. The number of rotatable bonds is 9. The minimum atomic E-state index is -0.911. The van der Waals surface area contributed by atoms with Crippen molar-refractivity contribution in [1.29, 1.82) is 0 Å². The normalized spacial score (nSPS) is 11.2. The highest BCUT2D eigenvalue weighted by molar-refractivity contribution is 5.96. The molecule has 0 aromatic heterocycles. The molecule has 1 rings (SSSR count). The number of ether oxygens (including phenoxy) is 1. The van der Waals surface area contributed by atoms with Crippen molar-refractivity contribution in [2.45, 2.75) is 32.2 Å². The van der Waals surface area contributed by atoms with E-state index in [1.54, 1.807) is 37.3 Å². The lowest BCUT2D eigenvalue weighted by Gasteiger charge is -2.16. The third-order valence-corrected chi connectivity index (χ3v) is 3.37. The van der Waals surface area contributed by atoms with Gasteiger partial charge in [0.2, 0.25) is 5.91 Å². The molecule has 130 valence electrons. The van der Waals surface area contributed by atoms with Crippen molar-refractivity contribution >= 4 is 23.6 Å². The monoisotopic (exact) mass is 334 g/mol. The second-order valence-electron chi connectivity index (χ2n) is 5.12. The minimum Gasteiger partial charge on any atom is -0.467 e. The molecule has 0 aliphatic carbocycles. The van der Waals surface area contributed by atoms with E-state index >= 15 is 0 Å². The maximum Gasteiger partial charge on any atom is 0.328 e. The van der Waals surface area contributed by atoms with Gasteiger partial charge in [-0.3, -0.25) is 14.4 Å². The zero-order valence-electron chi connectivity index (χ0n) is 13.8. The number of hydrogen-bond acceptors (Lipinski definition) is 5. The van der Waals surface area contributed by atoms with Gasteiger partial charge in [-0.1, -0.05) is 25.1 Å². The molecule has 1 aromatic carbocycles. The molecule has 0 unspecified atom stereocenters. The second-order valence-corrected chi connectivity index (χ2v) is 5.12. The Morgan fingerprint density at radius 1 is 1.12 bits per heavy atom. The molecule has 0 fully saturated rings. The van der Waals surface area contributed by atoms with E-state index < -0.39 is 17.9 Å². The van der Waals surface area contributed by atoms with Crippen molar-refractivity contribution in [3.8, 4) is 0 Å². The zero-order valence-corrected chi connectivity index (χ0v) is 13.8. The van der Waals surface area contributed by atoms with Crippen LogP contribution in [-0.4, -0.2) is 43.3 Å². The highest BCUT2D eigenvalue weighted by Crippen LogP contribution is 2.03. The van der Waals surface area contributed by atoms with Gasteiger partial charge in [0.25, 0.3) is 5.91 Å². The van der Waals surface area contributed by atoms with Gasteiger partial charge >= 0.3 is 5.97 Å². The molecule has 7 nitrogen and oxygen atoms in total. The van der Waals surface area contributed by atoms with Crippen molar-refractivity contribution in [3.05, 3.63) is 35.9 Å². The molecule has 0 aliphatic heterocycles. The Bertz CT molecular complexity index is 586. The topological polar surface area (TPSA) is 102 Å². The van der Waals surface area contributed by atoms with E-state index in [1.165, 1.54) is 7.11 Å². The third kappa shape index (κ3) is 6.60. The van der Waals surface area contributed by atoms with Gasteiger partial charge in [0, 0.05) is 18.4 Å². The van der Waals surface area contributed by atoms with E-state index in [1.807, 2.05) is 0 Å². The summed E-state index contributed by atoms with van der Waals surface area (Å²) in [5.74, 6) is -1.54. The van der Waals surface area contributed by atoms with Crippen molar-refractivity contribution in [3.63, 3.8) is 0 Å². The quantitative estimate of drug-likeness (QED) is 0.652. The fourth-order valence-corrected chi connectivity index (χ4v) is 1.97. The number of carbonyl (C=O) groups is 4. The van der Waals surface area contributed by atoms with Gasteiger partial charge < -0.3 is 15.4 Å². The van der Waals surface area contributed by atoms with Gasteiger partial charge in [-0.15, -0.1) is 0 Å². The lowest BCUT2D eigenvalue weighted by Crippen LogP contribution is -2.46. The summed E-state index contributed by atoms with van der Waals surface area (Å²) in [6.45, 7) is 1.45. The molecule has 24 heavy (non-hydrogen) atoms. The Kier molecular flexibility index (Phi) is 8.18. The summed E-state index contributed by atoms with van der Waals surface area (Å²) in [4.78, 5) is 46.8. The Hall–Kier alpha value is -2.70. The fourth-order valence-electron chi connectivity index (χ4n) is 1.97. The molecule has 0 heterocycles. The van der Waals surface area contributed by atoms with Gasteiger partial charge in [-0.05, 0) is 18.6 Å². The molecule has 0 aliphatic rings. The van der Waals surface area contributed by atoms with Gasteiger partial charge in [-0.25, -0.2) is 4.79 Å². The average molecular weight is 334 g/mol. The first-order valence-electron chi connectivity index (χ1n) is 7.70. The summed E-state index contributed by atoms with van der Waals surface area (Å²) in [6, 6.07) is 7.55. The van der Waals surface area contributed by atoms with Gasteiger partial charge in [-0.2, -0.15) is 0 Å². The number of esters is 1. The van der Waals surface area contributed by atoms with Crippen molar-refractivity contribution in [2.24, 2.45) is 0 Å². The molecule has 0 radical (unpaired) electrons. The maximum absolute atomic E-state index is 11.9. The largest absolute Gasteiger partial charge is 0.467 e. The summed E-state index contributed by atoms with van der Waals surface area (Å²) >= 11 is 0. The highest BCUT2D eigenvalue weighted by atomic mass is 16.5. The number of nitrogens with one attached hydrogen (secondary N) is 2. The number of methoxy groups -OCH3 is 1. The first-order chi connectivity index (χ1) is 11.5. The number of benzene rings is 1. The summed E-state index contributed by atoms with van der Waals surface area (Å²) < 4.78 is 4.62. The van der Waals surface area contributed by atoms with Crippen LogP contribution in [0, 0.1) is 0 Å². The van der Waals surface area contributed by atoms with E-state index in [0.29, 0.717) is 12.0 Å². The molecule has 1 aromatic rings. The first kappa shape index (κ1) is 19.3. The van der Waals surface area contributed by atoms with Crippen molar-refractivity contribution in [2.75, 3.05) is 13.7 Å². The number of hydrogen-bond donors (Lipinski definition) is 2. The predicted molar refractivity (Wildman–Crippen MR) is 87.3 cm³/mol. The zero-order chi connectivity index (χ0) is 17.9. The molecule has 0 spiro atoms. The third-order valence-electron chi connectivity index (χ3n) is 3.37. The molecule has 0 saturated heterocycles. The smallest absolute Gasteiger partial charge is 0.328 e. The fraction of sp³-hybridized carbons (Fsp3) is 0.412. The predicted octanol–water partition coefficient (Wildman–Crippen LogP) is 0.833. The van der Waals surface area contributed by atoms with Gasteiger partial charge in [0.05, 0.1) is 13.7 Å². The molecule has 7 heteroatoms. The Labute approximate surface area is 140 Å². The average Bonchev–Trinajstić information content (AvgIpc) is 2.62. The van der Waals surface area contributed by atoms with Gasteiger partial charge in [0.15, 0.2) is 0 Å². The van der Waals surface area contributed by atoms with Crippen LogP contribution in [0.1, 0.15) is 36.5 Å². The number of ketones is 1. The molecule has 2 N–H and O–H groups in total. The van der Waals surface area contributed by atoms with Crippen LogP contribution in [0.15, 0.2) is 30.3 Å². The molecule has 0 bridgehead atoms. The van der Waals surface area contributed by atoms with Crippen LogP contribution in [0.5, 0.6) is 0 Å². The van der Waals surface area contributed by atoms with Crippen LogP contribution < -0.4 is 10.6 Å². The molecule has 1 atom stereocenters. The maximum atomic E-state index is 11.9. The standard InChI is InChI=1S/C17H22N2O5/c1-3-13(20)9-10-14(17(23)24-2)19-15(21)11-18-16(22)12-7-5-4-6-8-12/h4-8,14H,3,9-11H2,1-2H3,(H,18,22)(H,19,21)/t14-/m0/s1. The minimum absolute atomic E-state index is 0.00414. The van der Waals surface area contributed by atoms with E-state index in [0.717, 1.165) is 0 Å². The van der Waals surface area contributed by atoms with Crippen LogP contribution in [0.2, 0.25) is 0 Å². The van der Waals surface area contributed by atoms with E-state index in [2.05, 4.69) is 15.4 Å². The summed E-state index contributed by atoms with van der Waals surface area (Å²) in [7, 11) is 1.21. The molecular formula is C17H22N2O5. The van der Waals surface area contributed by atoms with E-state index in [-0.39, 0.29) is 31.1 Å². The van der Waals surface area contributed by atoms with Crippen LogP contribution in [0.25, 0.3) is 0 Å². The number of carbonyl (C=O) groups excluding carboxylic acids is 4. The Balaban J connectivity index is 2.50. The van der Waals surface area contributed by atoms with Crippen LogP contribution >= 0.6 is 0 Å². The first-order valence-corrected chi connectivity index (χ1v) is 7.70. The van der Waals surface area contributed by atoms with Gasteiger partial charge in [0.1, 0.15) is 11.8 Å². The van der Waals surface area contributed by atoms with E-state index in [4.69, 9.17) is 0 Å². The number of Topliss-reactive ketones (excluding diaryl/α,β-unsaturated/α-hetero) is 1. The second kappa shape index (κ2) is 10.1. The van der Waals surface area contributed by atoms with Crippen molar-refractivity contribution < 1.29 is 23.9 Å². The van der Waals surface area contributed by atoms with Crippen LogP contribution in [-0.2, 0) is 19.1 Å². The molecule has 0 saturated carbocycles. The highest BCUT2D eigenvalue weighted by Gasteiger charge is 2.22. The van der Waals surface area contributed by atoms with Crippen LogP contribution in [0.3, 0.4) is 0 Å². The lowest BCUT2D eigenvalue weighted by molar-refractivity contribution is -0.145.